The molecule has 1 aliphatic carbocycles. The third kappa shape index (κ3) is 2.32. The topological polar surface area (TPSA) is 0 Å². The molecule has 0 aliphatic heterocycles. The molecule has 1 unspecified atom stereocenters. The first-order valence-electron chi connectivity index (χ1n) is 4.90. The number of allylic oxidation sites excluding steroid dienone is 4. The molecule has 0 heterocycles. The van der Waals surface area contributed by atoms with Crippen molar-refractivity contribution in [3.8, 4) is 0 Å². The Kier molecular flexibility index (Phi) is 2.78. The van der Waals surface area contributed by atoms with Gasteiger partial charge < -0.3 is 0 Å². The first-order chi connectivity index (χ1) is 6.84. The van der Waals surface area contributed by atoms with Gasteiger partial charge in [-0.3, -0.25) is 0 Å². The van der Waals surface area contributed by atoms with Crippen LogP contribution in [0.3, 0.4) is 0 Å². The van der Waals surface area contributed by atoms with Gasteiger partial charge in [-0.2, -0.15) is 0 Å². The lowest BCUT2D eigenvalue weighted by Crippen LogP contribution is -2.00. The fourth-order valence-electron chi connectivity index (χ4n) is 1.60. The first-order valence-corrected chi connectivity index (χ1v) is 4.90. The van der Waals surface area contributed by atoms with Crippen LogP contribution in [0.2, 0.25) is 0 Å². The largest absolute Gasteiger partial charge is 0.243 e. The van der Waals surface area contributed by atoms with E-state index in [2.05, 4.69) is 12.1 Å². The number of rotatable bonds is 2. The Bertz CT molecular complexity index is 349. The van der Waals surface area contributed by atoms with Crippen LogP contribution in [0.25, 0.3) is 0 Å². The summed E-state index contributed by atoms with van der Waals surface area (Å²) < 4.78 is 12.8. The smallest absolute Gasteiger partial charge is 0.122 e. The van der Waals surface area contributed by atoms with Crippen LogP contribution in [-0.2, 0) is 6.42 Å². The Morgan fingerprint density at radius 2 is 2.00 bits per heavy atom. The number of alkyl halides is 1. The Morgan fingerprint density at radius 1 is 1.21 bits per heavy atom. The van der Waals surface area contributed by atoms with Gasteiger partial charge in [0, 0.05) is 6.42 Å². The van der Waals surface area contributed by atoms with Crippen molar-refractivity contribution in [2.24, 2.45) is 0 Å². The van der Waals surface area contributed by atoms with Gasteiger partial charge in [-0.1, -0.05) is 48.6 Å². The monoisotopic (exact) mass is 188 g/mol. The summed E-state index contributed by atoms with van der Waals surface area (Å²) >= 11 is 0. The Hall–Kier alpha value is -1.37. The van der Waals surface area contributed by atoms with E-state index in [1.807, 2.05) is 30.4 Å². The van der Waals surface area contributed by atoms with Gasteiger partial charge in [0.1, 0.15) is 6.17 Å². The molecule has 0 nitrogen and oxygen atoms in total. The van der Waals surface area contributed by atoms with Crippen molar-refractivity contribution >= 4 is 0 Å². The molecular formula is C13H13F. The summed E-state index contributed by atoms with van der Waals surface area (Å²) in [5.41, 5.74) is 2.49. The second-order valence-electron chi connectivity index (χ2n) is 3.55. The highest BCUT2D eigenvalue weighted by atomic mass is 19.1. The third-order valence-corrected chi connectivity index (χ3v) is 2.38. The fraction of sp³-hybridized carbons (Fsp3) is 0.231. The van der Waals surface area contributed by atoms with Crippen LogP contribution in [0.1, 0.15) is 12.0 Å². The van der Waals surface area contributed by atoms with E-state index in [0.29, 0.717) is 6.42 Å². The molecule has 72 valence electrons. The van der Waals surface area contributed by atoms with Crippen molar-refractivity contribution in [1.82, 2.24) is 0 Å². The Balaban J connectivity index is 2.03. The molecule has 1 heteroatoms. The molecule has 0 N–H and O–H groups in total. The van der Waals surface area contributed by atoms with Crippen LogP contribution in [0.4, 0.5) is 4.39 Å². The van der Waals surface area contributed by atoms with E-state index in [1.165, 1.54) is 11.1 Å². The van der Waals surface area contributed by atoms with Crippen LogP contribution >= 0.6 is 0 Å². The van der Waals surface area contributed by atoms with E-state index in [4.69, 9.17) is 0 Å². The van der Waals surface area contributed by atoms with Gasteiger partial charge in [0.2, 0.25) is 0 Å². The molecule has 1 aromatic carbocycles. The number of halogens is 1. The molecule has 0 saturated heterocycles. The minimum absolute atomic E-state index is 0.526. The molecule has 0 amide bonds. The van der Waals surface area contributed by atoms with Crippen molar-refractivity contribution in [2.75, 3.05) is 0 Å². The van der Waals surface area contributed by atoms with Gasteiger partial charge >= 0.3 is 0 Å². The Labute approximate surface area is 83.8 Å². The standard InChI is InChI=1S/C13H13F/c14-13-8-6-12(7-9-13)10-11-4-2-1-3-5-11/h1-8,13H,9-10H2. The maximum absolute atomic E-state index is 12.8. The van der Waals surface area contributed by atoms with E-state index < -0.39 is 6.17 Å². The predicted molar refractivity (Wildman–Crippen MR) is 56.9 cm³/mol. The van der Waals surface area contributed by atoms with E-state index >= 15 is 0 Å². The molecule has 0 aromatic heterocycles. The van der Waals surface area contributed by atoms with E-state index in [0.717, 1.165) is 6.42 Å². The van der Waals surface area contributed by atoms with Crippen molar-refractivity contribution in [3.05, 3.63) is 59.7 Å². The van der Waals surface area contributed by atoms with Crippen LogP contribution in [0.15, 0.2) is 54.1 Å². The van der Waals surface area contributed by atoms with Crippen LogP contribution < -0.4 is 0 Å². The molecule has 0 spiro atoms. The average Bonchev–Trinajstić information content (AvgIpc) is 2.23. The second-order valence-corrected chi connectivity index (χ2v) is 3.55. The van der Waals surface area contributed by atoms with E-state index in [1.54, 1.807) is 6.08 Å². The molecule has 2 rings (SSSR count). The van der Waals surface area contributed by atoms with Crippen molar-refractivity contribution in [2.45, 2.75) is 19.0 Å². The maximum Gasteiger partial charge on any atom is 0.122 e. The zero-order valence-electron chi connectivity index (χ0n) is 7.99. The third-order valence-electron chi connectivity index (χ3n) is 2.38. The summed E-state index contributed by atoms with van der Waals surface area (Å²) in [6, 6.07) is 10.2. The van der Waals surface area contributed by atoms with Gasteiger partial charge in [-0.25, -0.2) is 4.39 Å². The molecule has 0 bridgehead atoms. The summed E-state index contributed by atoms with van der Waals surface area (Å²) in [6.07, 6.45) is 6.16. The van der Waals surface area contributed by atoms with Gasteiger partial charge in [-0.15, -0.1) is 0 Å². The lowest BCUT2D eigenvalue weighted by molar-refractivity contribution is 0.400. The van der Waals surface area contributed by atoms with E-state index in [-0.39, 0.29) is 0 Å². The number of benzene rings is 1. The Morgan fingerprint density at radius 3 is 2.64 bits per heavy atom. The molecule has 1 atom stereocenters. The quantitative estimate of drug-likeness (QED) is 0.666. The zero-order chi connectivity index (χ0) is 9.80. The summed E-state index contributed by atoms with van der Waals surface area (Å²) in [5.74, 6) is 0. The zero-order valence-corrected chi connectivity index (χ0v) is 7.99. The fourth-order valence-corrected chi connectivity index (χ4v) is 1.60. The molecule has 0 saturated carbocycles. The predicted octanol–water partition coefficient (Wildman–Crippen LogP) is 3.45. The van der Waals surface area contributed by atoms with Crippen LogP contribution in [0, 0.1) is 0 Å². The molecule has 1 aliphatic rings. The highest BCUT2D eigenvalue weighted by Crippen LogP contribution is 2.16. The molecule has 0 radical (unpaired) electrons. The van der Waals surface area contributed by atoms with Crippen molar-refractivity contribution in [1.29, 1.82) is 0 Å². The SMILES string of the molecule is FC1C=CC(Cc2ccccc2)=CC1. The van der Waals surface area contributed by atoms with Crippen molar-refractivity contribution < 1.29 is 4.39 Å². The minimum Gasteiger partial charge on any atom is -0.243 e. The molecule has 14 heavy (non-hydrogen) atoms. The minimum atomic E-state index is -0.783. The normalized spacial score (nSPS) is 20.6. The first kappa shape index (κ1) is 9.20. The average molecular weight is 188 g/mol. The van der Waals surface area contributed by atoms with Crippen LogP contribution in [0.5, 0.6) is 0 Å². The molecular weight excluding hydrogens is 175 g/mol. The van der Waals surface area contributed by atoms with Gasteiger partial charge in [0.15, 0.2) is 0 Å². The summed E-state index contributed by atoms with van der Waals surface area (Å²) in [7, 11) is 0. The number of hydrogen-bond acceptors (Lipinski definition) is 0. The lowest BCUT2D eigenvalue weighted by Gasteiger charge is -2.09. The van der Waals surface area contributed by atoms with Crippen LogP contribution in [-0.4, -0.2) is 6.17 Å². The second kappa shape index (κ2) is 4.23. The maximum atomic E-state index is 12.8. The molecule has 0 fully saturated rings. The summed E-state index contributed by atoms with van der Waals surface area (Å²) in [5, 5.41) is 0. The summed E-state index contributed by atoms with van der Waals surface area (Å²) in [6.45, 7) is 0. The van der Waals surface area contributed by atoms with Gasteiger partial charge in [0.05, 0.1) is 0 Å². The highest BCUT2D eigenvalue weighted by molar-refractivity contribution is 5.31. The highest BCUT2D eigenvalue weighted by Gasteiger charge is 2.06. The van der Waals surface area contributed by atoms with Gasteiger partial charge in [-0.05, 0) is 17.6 Å². The van der Waals surface area contributed by atoms with Crippen molar-refractivity contribution in [3.63, 3.8) is 0 Å². The van der Waals surface area contributed by atoms with E-state index in [9.17, 15) is 4.39 Å². The lowest BCUT2D eigenvalue weighted by atomic mass is 9.99. The summed E-state index contributed by atoms with van der Waals surface area (Å²) in [4.78, 5) is 0. The molecule has 1 aromatic rings. The number of hydrogen-bond donors (Lipinski definition) is 0. The van der Waals surface area contributed by atoms with Gasteiger partial charge in [0.25, 0.3) is 0 Å².